The number of carbonyl (C=O) groups is 7. The highest BCUT2D eigenvalue weighted by atomic mass is 16.6. The van der Waals surface area contributed by atoms with E-state index in [1.807, 2.05) is 30.3 Å². The number of hydrogen-bond acceptors (Lipinski definition) is 14. The van der Waals surface area contributed by atoms with E-state index in [-0.39, 0.29) is 52.0 Å². The minimum Gasteiger partial charge on any atom is -0.463 e. The first-order chi connectivity index (χ1) is 48.2. The van der Waals surface area contributed by atoms with Gasteiger partial charge < -0.3 is 33.2 Å². The first-order valence-corrected chi connectivity index (χ1v) is 37.3. The van der Waals surface area contributed by atoms with E-state index >= 15 is 0 Å². The molecule has 8 saturated carbocycles. The molecule has 0 spiro atoms. The molecule has 102 heavy (non-hydrogen) atoms. The number of esters is 7. The topological polar surface area (TPSA) is 184 Å². The van der Waals surface area contributed by atoms with Gasteiger partial charge >= 0.3 is 41.8 Å². The molecule has 1 atom stereocenters. The monoisotopic (exact) mass is 1400 g/mol. The molecule has 4 aromatic rings. The third-order valence-corrected chi connectivity index (χ3v) is 22.0. The van der Waals surface area contributed by atoms with Gasteiger partial charge in [-0.15, -0.1) is 0 Å². The lowest BCUT2D eigenvalue weighted by Gasteiger charge is -2.59. The number of fused-ring (bicyclic) bond motifs is 1. The molecule has 0 aromatic heterocycles. The molecule has 0 N–H and O–H groups in total. The highest BCUT2D eigenvalue weighted by Crippen LogP contribution is 2.60. The highest BCUT2D eigenvalue weighted by molar-refractivity contribution is 5.91. The zero-order valence-electron chi connectivity index (χ0n) is 63.3. The van der Waals surface area contributed by atoms with E-state index < -0.39 is 34.8 Å². The van der Waals surface area contributed by atoms with Gasteiger partial charge in [0.25, 0.3) is 0 Å². The third kappa shape index (κ3) is 21.3. The van der Waals surface area contributed by atoms with Crippen molar-refractivity contribution in [1.82, 2.24) is 0 Å². The van der Waals surface area contributed by atoms with Gasteiger partial charge in [0.1, 0.15) is 28.0 Å². The number of rotatable bonds is 16. The number of carbonyl (C=O) groups excluding carboxylic acids is 7. The summed E-state index contributed by atoms with van der Waals surface area (Å²) in [6, 6.07) is 33.3. The molecule has 14 heteroatoms. The second-order valence-corrected chi connectivity index (χ2v) is 31.4. The van der Waals surface area contributed by atoms with E-state index in [1.165, 1.54) is 74.6 Å². The quantitative estimate of drug-likeness (QED) is 0.0586. The first kappa shape index (κ1) is 81.2. The Kier molecular flexibility index (Phi) is 28.5. The number of ether oxygens (including phenoxy) is 7. The zero-order chi connectivity index (χ0) is 74.8. The van der Waals surface area contributed by atoms with E-state index in [2.05, 4.69) is 146 Å². The summed E-state index contributed by atoms with van der Waals surface area (Å²) in [7, 11) is 0. The standard InChI is InChI=1S/C19H20O2.C19H26O2.C16H20O2.C15H22O2.C11H18O2.C8H10O4/c1-14(2)18(20)21-19(11-5-6-12-19)17-10-9-15-7-3-4-8-16(15)13-17;1-14(2)17(20)21-19(12-6-7-13-19)16-10-8-15(9-11-16)18(3,4)5;1-13(2)15(17)18-16(11-7-4-8-12-16)14-9-5-3-6-10-14;1-9(2)14(16)17-15(3)12-5-10-4-11(7-12)8-13(15)6-10;1-4-11(7-5-6-8-11)13-10(12)9(2)3;1-5(2)7(9)12-6-3-4-11-8(6)10/h3-4,7-10,13H,1,5-6,11-12H2,2H3;8-11H,1,6-7,12-13H2,2-5H3;3,5-6,9-10H,1,4,7-8,11-12H2,2H3;10-13H,1,4-8H2,2-3H3;2,4-8H2,1,3H3;6H,1,3-4H2,2H3. The number of hydrogen-bond donors (Lipinski definition) is 0. The van der Waals surface area contributed by atoms with Gasteiger partial charge in [0.05, 0.1) is 6.61 Å². The van der Waals surface area contributed by atoms with Gasteiger partial charge in [-0.3, -0.25) is 0 Å². The van der Waals surface area contributed by atoms with Crippen LogP contribution in [0.1, 0.15) is 253 Å². The van der Waals surface area contributed by atoms with Gasteiger partial charge in [-0.25, -0.2) is 33.6 Å². The summed E-state index contributed by atoms with van der Waals surface area (Å²) in [5.74, 6) is 0.738. The molecule has 8 aliphatic carbocycles. The molecule has 0 amide bonds. The van der Waals surface area contributed by atoms with E-state index in [0.717, 1.165) is 125 Å². The van der Waals surface area contributed by atoms with Crippen LogP contribution in [0.25, 0.3) is 10.8 Å². The second-order valence-electron chi connectivity index (χ2n) is 31.4. The Morgan fingerprint density at radius 3 is 1.23 bits per heavy atom. The van der Waals surface area contributed by atoms with Crippen molar-refractivity contribution < 1.29 is 66.7 Å². The van der Waals surface area contributed by atoms with Gasteiger partial charge in [0.2, 0.25) is 6.10 Å². The maximum atomic E-state index is 12.0. The van der Waals surface area contributed by atoms with Crippen molar-refractivity contribution in [2.24, 2.45) is 23.7 Å². The minimum atomic E-state index is -0.728. The molecule has 4 bridgehead atoms. The van der Waals surface area contributed by atoms with Gasteiger partial charge in [-0.05, 0) is 258 Å². The van der Waals surface area contributed by atoms with Gasteiger partial charge in [-0.2, -0.15) is 0 Å². The van der Waals surface area contributed by atoms with Crippen molar-refractivity contribution in [2.45, 2.75) is 270 Å². The summed E-state index contributed by atoms with van der Waals surface area (Å²) >= 11 is 0. The fourth-order valence-corrected chi connectivity index (χ4v) is 15.9. The van der Waals surface area contributed by atoms with Crippen LogP contribution in [0.5, 0.6) is 0 Å². The van der Waals surface area contributed by atoms with Crippen LogP contribution in [0.4, 0.5) is 0 Å². The van der Waals surface area contributed by atoms with Gasteiger partial charge in [0.15, 0.2) is 0 Å². The zero-order valence-corrected chi connectivity index (χ0v) is 63.3. The Labute approximate surface area is 608 Å². The summed E-state index contributed by atoms with van der Waals surface area (Å²) in [5, 5.41) is 2.40. The number of cyclic esters (lactones) is 1. The van der Waals surface area contributed by atoms with Crippen molar-refractivity contribution >= 4 is 52.6 Å². The van der Waals surface area contributed by atoms with Gasteiger partial charge in [-0.1, -0.05) is 165 Å². The smallest absolute Gasteiger partial charge is 0.347 e. The van der Waals surface area contributed by atoms with Crippen molar-refractivity contribution in [3.05, 3.63) is 192 Å². The molecule has 9 aliphatic rings. The Balaban J connectivity index is 0.000000173. The average Bonchev–Trinajstić information content (AvgIpc) is 0.896. The van der Waals surface area contributed by atoms with Crippen LogP contribution in [0.3, 0.4) is 0 Å². The largest absolute Gasteiger partial charge is 0.463 e. The van der Waals surface area contributed by atoms with Crippen molar-refractivity contribution in [3.63, 3.8) is 0 Å². The maximum absolute atomic E-state index is 12.0. The third-order valence-electron chi connectivity index (χ3n) is 22.0. The predicted octanol–water partition coefficient (Wildman–Crippen LogP) is 20.1. The lowest BCUT2D eigenvalue weighted by Crippen LogP contribution is -2.58. The molecule has 1 heterocycles. The van der Waals surface area contributed by atoms with Gasteiger partial charge in [0, 0.05) is 39.9 Å². The van der Waals surface area contributed by atoms with E-state index in [4.69, 9.17) is 28.4 Å². The molecule has 13 rings (SSSR count). The molecule has 1 unspecified atom stereocenters. The molecule has 552 valence electrons. The van der Waals surface area contributed by atoms with E-state index in [9.17, 15) is 33.6 Å². The van der Waals surface area contributed by atoms with Crippen LogP contribution < -0.4 is 0 Å². The summed E-state index contributed by atoms with van der Waals surface area (Å²) in [4.78, 5) is 80.7. The Hall–Kier alpha value is -8.13. The lowest BCUT2D eigenvalue weighted by atomic mass is 9.50. The fourth-order valence-electron chi connectivity index (χ4n) is 15.9. The molecule has 1 aliphatic heterocycles. The summed E-state index contributed by atoms with van der Waals surface area (Å²) in [5.41, 5.74) is 5.73. The Morgan fingerprint density at radius 1 is 0.441 bits per heavy atom. The second kappa shape index (κ2) is 35.8. The summed E-state index contributed by atoms with van der Waals surface area (Å²) in [6.07, 6.45) is 24.8. The first-order valence-electron chi connectivity index (χ1n) is 37.3. The maximum Gasteiger partial charge on any atom is 0.347 e. The normalized spacial score (nSPS) is 23.2. The molecule has 14 nitrogen and oxygen atoms in total. The average molecular weight is 1400 g/mol. The number of benzene rings is 4. The Bertz CT molecular complexity index is 3640. The summed E-state index contributed by atoms with van der Waals surface area (Å²) < 4.78 is 38.2. The molecule has 9 fully saturated rings. The van der Waals surface area contributed by atoms with Crippen molar-refractivity contribution in [2.75, 3.05) is 6.61 Å². The molecular formula is C88H116O14. The fraction of sp³-hybridized carbons (Fsp3) is 0.534. The van der Waals surface area contributed by atoms with E-state index in [1.54, 1.807) is 34.6 Å². The molecular weight excluding hydrogens is 1280 g/mol. The summed E-state index contributed by atoms with van der Waals surface area (Å²) in [6.45, 7) is 43.0. The highest BCUT2D eigenvalue weighted by Gasteiger charge is 2.57. The van der Waals surface area contributed by atoms with Crippen LogP contribution in [-0.2, 0) is 88.9 Å². The molecule has 0 radical (unpaired) electrons. The van der Waals surface area contributed by atoms with Crippen LogP contribution in [0.15, 0.2) is 170 Å². The van der Waals surface area contributed by atoms with Crippen LogP contribution in [0, 0.1) is 23.7 Å². The lowest BCUT2D eigenvalue weighted by molar-refractivity contribution is -0.199. The van der Waals surface area contributed by atoms with Crippen LogP contribution in [-0.4, -0.2) is 65.7 Å². The Morgan fingerprint density at radius 2 is 0.814 bits per heavy atom. The predicted molar refractivity (Wildman–Crippen MR) is 402 cm³/mol. The van der Waals surface area contributed by atoms with Crippen LogP contribution in [0.2, 0.25) is 0 Å². The molecule has 4 aromatic carbocycles. The van der Waals surface area contributed by atoms with Crippen LogP contribution >= 0.6 is 0 Å². The van der Waals surface area contributed by atoms with E-state index in [0.29, 0.717) is 52.7 Å². The van der Waals surface area contributed by atoms with Crippen molar-refractivity contribution in [1.29, 1.82) is 0 Å². The SMILES string of the molecule is C=C(C)C(=O)OC1(C)C2CC3CC(C2)CC1C3.C=C(C)C(=O)OC1(CC)CCCC1.C=C(C)C(=O)OC1(c2ccc(C(C)(C)C)cc2)CCCC1.C=C(C)C(=O)OC1(c2ccc3ccccc3c2)CCCC1.C=C(C)C(=O)OC1(c2ccccc2)CCCCC1.C=C(C)C(=O)OC1CCOC1=O. The minimum absolute atomic E-state index is 0.135. The van der Waals surface area contributed by atoms with Crippen molar-refractivity contribution in [3.8, 4) is 0 Å². The molecule has 1 saturated heterocycles.